The van der Waals surface area contributed by atoms with E-state index < -0.39 is 0 Å². The molecule has 0 unspecified atom stereocenters. The fourth-order valence-corrected chi connectivity index (χ4v) is 3.26. The molecule has 7 heteroatoms. The maximum Gasteiger partial charge on any atom is 0.331 e. The van der Waals surface area contributed by atoms with Crippen LogP contribution in [-0.2, 0) is 9.53 Å². The fourth-order valence-electron chi connectivity index (χ4n) is 1.59. The van der Waals surface area contributed by atoms with Crippen molar-refractivity contribution in [2.75, 3.05) is 31.9 Å². The molecule has 0 spiro atoms. The summed E-state index contributed by atoms with van der Waals surface area (Å²) in [6.45, 7) is 0. The third-order valence-corrected chi connectivity index (χ3v) is 4.80. The Balaban J connectivity index is 1.90. The van der Waals surface area contributed by atoms with E-state index in [0.29, 0.717) is 5.75 Å². The molecule has 0 bridgehead atoms. The summed E-state index contributed by atoms with van der Waals surface area (Å²) in [7, 11) is 5.33. The first-order valence-corrected chi connectivity index (χ1v) is 8.16. The second kappa shape index (κ2) is 7.42. The monoisotopic (exact) mass is 323 g/mol. The van der Waals surface area contributed by atoms with Crippen molar-refractivity contribution in [3.05, 3.63) is 29.3 Å². The summed E-state index contributed by atoms with van der Waals surface area (Å²) in [5, 5.41) is 1.84. The van der Waals surface area contributed by atoms with Crippen LogP contribution in [0, 0.1) is 0 Å². The predicted molar refractivity (Wildman–Crippen MR) is 90.3 cm³/mol. The van der Waals surface area contributed by atoms with E-state index in [-0.39, 0.29) is 12.0 Å². The maximum atomic E-state index is 11.3. The van der Waals surface area contributed by atoms with Crippen molar-refractivity contribution in [2.24, 2.45) is 4.99 Å². The molecule has 0 fully saturated rings. The van der Waals surface area contributed by atoms with E-state index in [0.717, 1.165) is 15.1 Å². The Bertz CT molecular complexity index is 591. The molecule has 1 aromatic heterocycles. The fraction of sp³-hybridized carbons (Fsp3) is 0.357. The minimum Gasteiger partial charge on any atom is -0.467 e. The first-order chi connectivity index (χ1) is 10.1. The molecule has 1 atom stereocenters. The Morgan fingerprint density at radius 2 is 2.19 bits per heavy atom. The van der Waals surface area contributed by atoms with Crippen molar-refractivity contribution in [2.45, 2.75) is 6.04 Å². The van der Waals surface area contributed by atoms with Gasteiger partial charge in [-0.25, -0.2) is 9.78 Å². The molecule has 0 N–H and O–H groups in total. The molecule has 21 heavy (non-hydrogen) atoms. The van der Waals surface area contributed by atoms with Gasteiger partial charge in [-0.05, 0) is 12.2 Å². The summed E-state index contributed by atoms with van der Waals surface area (Å²) < 4.78 is 4.68. The molecule has 0 radical (unpaired) electrons. The van der Waals surface area contributed by atoms with Crippen molar-refractivity contribution in [1.82, 2.24) is 4.98 Å². The Morgan fingerprint density at radius 3 is 2.86 bits per heavy atom. The zero-order valence-electron chi connectivity index (χ0n) is 12.1. The molecule has 5 nitrogen and oxygen atoms in total. The molecule has 1 aliphatic rings. The Hall–Kier alpha value is -1.60. The van der Waals surface area contributed by atoms with Gasteiger partial charge >= 0.3 is 5.97 Å². The molecule has 112 valence electrons. The molecular weight excluding hydrogens is 306 g/mol. The van der Waals surface area contributed by atoms with Crippen LogP contribution < -0.4 is 4.90 Å². The van der Waals surface area contributed by atoms with Gasteiger partial charge in [-0.3, -0.25) is 4.99 Å². The summed E-state index contributed by atoms with van der Waals surface area (Å²) in [5.74, 6) is 0.374. The van der Waals surface area contributed by atoms with Gasteiger partial charge in [0.25, 0.3) is 0 Å². The maximum absolute atomic E-state index is 11.3. The van der Waals surface area contributed by atoms with Crippen LogP contribution in [0.3, 0.4) is 0 Å². The number of esters is 1. The average Bonchev–Trinajstić information content (AvgIpc) is 3.12. The number of aromatic nitrogens is 1. The van der Waals surface area contributed by atoms with Crippen molar-refractivity contribution in [3.63, 3.8) is 0 Å². The molecule has 2 rings (SSSR count). The molecule has 0 saturated carbocycles. The van der Waals surface area contributed by atoms with Gasteiger partial charge in [-0.1, -0.05) is 23.5 Å². The number of nitrogens with zero attached hydrogens (tertiary/aromatic N) is 3. The molecule has 0 amide bonds. The SMILES string of the molecule is COC(=O)[C@H]1CSC(/C=C/C=C/c2cnc(N(C)C)s2)=N1. The quantitative estimate of drug-likeness (QED) is 0.615. The van der Waals surface area contributed by atoms with Gasteiger partial charge in [0.15, 0.2) is 11.2 Å². The van der Waals surface area contributed by atoms with Crippen molar-refractivity contribution in [3.8, 4) is 0 Å². The molecule has 1 aliphatic heterocycles. The van der Waals surface area contributed by atoms with Gasteiger partial charge in [0.2, 0.25) is 0 Å². The number of methoxy groups -OCH3 is 1. The number of ether oxygens (including phenoxy) is 1. The van der Waals surface area contributed by atoms with Crippen LogP contribution >= 0.6 is 23.1 Å². The lowest BCUT2D eigenvalue weighted by molar-refractivity contribution is -0.141. The lowest BCUT2D eigenvalue weighted by Crippen LogP contribution is -2.19. The minimum absolute atomic E-state index is 0.276. The third kappa shape index (κ3) is 4.44. The first-order valence-electron chi connectivity index (χ1n) is 6.36. The molecule has 2 heterocycles. The molecule has 0 aromatic carbocycles. The normalized spacial score (nSPS) is 18.4. The second-order valence-electron chi connectivity index (χ2n) is 4.48. The first kappa shape index (κ1) is 15.8. The van der Waals surface area contributed by atoms with Crippen LogP contribution in [0.25, 0.3) is 6.08 Å². The standard InChI is InChI=1S/C14H17N3O2S2/c1-17(2)14-15-8-10(21-14)6-4-5-7-12-16-11(9-20-12)13(18)19-3/h4-8,11H,9H2,1-3H3/b6-4+,7-5+/t11-/m1/s1. The third-order valence-electron chi connectivity index (χ3n) is 2.65. The van der Waals surface area contributed by atoms with Crippen LogP contribution in [0.5, 0.6) is 0 Å². The number of aliphatic imine (C=N–C) groups is 1. The zero-order chi connectivity index (χ0) is 15.2. The van der Waals surface area contributed by atoms with Crippen molar-refractivity contribution < 1.29 is 9.53 Å². The van der Waals surface area contributed by atoms with E-state index in [9.17, 15) is 4.79 Å². The number of carbonyl (C=O) groups is 1. The highest BCUT2D eigenvalue weighted by Crippen LogP contribution is 2.22. The predicted octanol–water partition coefficient (Wildman–Crippen LogP) is 2.47. The van der Waals surface area contributed by atoms with Crippen LogP contribution in [0.2, 0.25) is 0 Å². The summed E-state index contributed by atoms with van der Waals surface area (Å²) in [6.07, 6.45) is 9.61. The van der Waals surface area contributed by atoms with E-state index in [4.69, 9.17) is 0 Å². The second-order valence-corrected chi connectivity index (χ2v) is 6.56. The average molecular weight is 323 g/mol. The van der Waals surface area contributed by atoms with Crippen molar-refractivity contribution >= 4 is 45.3 Å². The molecule has 0 aliphatic carbocycles. The lowest BCUT2D eigenvalue weighted by Gasteiger charge is -2.04. The van der Waals surface area contributed by atoms with Crippen LogP contribution in [0.15, 0.2) is 29.4 Å². The number of anilines is 1. The van der Waals surface area contributed by atoms with Gasteiger partial charge in [0, 0.05) is 30.9 Å². The van der Waals surface area contributed by atoms with E-state index >= 15 is 0 Å². The van der Waals surface area contributed by atoms with E-state index in [1.807, 2.05) is 49.5 Å². The number of hydrogen-bond acceptors (Lipinski definition) is 7. The molecule has 1 aromatic rings. The number of thiazole rings is 1. The van der Waals surface area contributed by atoms with E-state index in [2.05, 4.69) is 14.7 Å². The van der Waals surface area contributed by atoms with Crippen LogP contribution in [0.1, 0.15) is 4.88 Å². The highest BCUT2D eigenvalue weighted by atomic mass is 32.2. The topological polar surface area (TPSA) is 54.8 Å². The Kier molecular flexibility index (Phi) is 5.58. The Morgan fingerprint density at radius 1 is 1.43 bits per heavy atom. The van der Waals surface area contributed by atoms with Crippen LogP contribution in [-0.4, -0.2) is 49.0 Å². The van der Waals surface area contributed by atoms with Gasteiger partial charge in [-0.15, -0.1) is 11.8 Å². The van der Waals surface area contributed by atoms with Gasteiger partial charge < -0.3 is 9.64 Å². The zero-order valence-corrected chi connectivity index (χ0v) is 13.8. The summed E-state index contributed by atoms with van der Waals surface area (Å²) in [5.41, 5.74) is 0. The van der Waals surface area contributed by atoms with Crippen LogP contribution in [0.4, 0.5) is 5.13 Å². The summed E-state index contributed by atoms with van der Waals surface area (Å²) in [4.78, 5) is 23.0. The number of hydrogen-bond donors (Lipinski definition) is 0. The van der Waals surface area contributed by atoms with Gasteiger partial charge in [0.1, 0.15) is 0 Å². The molecular formula is C14H17N3O2S2. The van der Waals surface area contributed by atoms with Crippen molar-refractivity contribution in [1.29, 1.82) is 0 Å². The number of rotatable bonds is 5. The number of thioether (sulfide) groups is 1. The Labute approximate surface area is 132 Å². The number of carbonyl (C=O) groups excluding carboxylic acids is 1. The lowest BCUT2D eigenvalue weighted by atomic mass is 10.3. The minimum atomic E-state index is -0.368. The van der Waals surface area contributed by atoms with E-state index in [1.54, 1.807) is 23.1 Å². The van der Waals surface area contributed by atoms with Gasteiger partial charge in [0.05, 0.1) is 12.2 Å². The number of allylic oxidation sites excluding steroid dienone is 2. The largest absolute Gasteiger partial charge is 0.467 e. The highest BCUT2D eigenvalue weighted by molar-refractivity contribution is 8.14. The van der Waals surface area contributed by atoms with Gasteiger partial charge in [-0.2, -0.15) is 0 Å². The molecule has 0 saturated heterocycles. The summed E-state index contributed by atoms with van der Waals surface area (Å²) >= 11 is 3.19. The smallest absolute Gasteiger partial charge is 0.331 e. The highest BCUT2D eigenvalue weighted by Gasteiger charge is 2.24. The van der Waals surface area contributed by atoms with E-state index in [1.165, 1.54) is 7.11 Å². The summed E-state index contributed by atoms with van der Waals surface area (Å²) in [6, 6.07) is -0.368.